The molecule has 6 heteroatoms. The molecular weight excluding hydrogens is 314 g/mol. The molecule has 0 radical (unpaired) electrons. The SMILES string of the molecule is COc1ccnc2c(OS(=O)(=O)c3ccc(C)cc3)cccc12. The molecule has 0 spiro atoms. The molecule has 5 nitrogen and oxygen atoms in total. The Morgan fingerprint density at radius 3 is 2.39 bits per heavy atom. The average Bonchev–Trinajstić information content (AvgIpc) is 2.55. The number of fused-ring (bicyclic) bond motifs is 1. The van der Waals surface area contributed by atoms with E-state index in [0.717, 1.165) is 5.56 Å². The van der Waals surface area contributed by atoms with E-state index in [4.69, 9.17) is 8.92 Å². The summed E-state index contributed by atoms with van der Waals surface area (Å²) >= 11 is 0. The number of hydrogen-bond donors (Lipinski definition) is 0. The molecule has 0 aliphatic rings. The molecule has 0 N–H and O–H groups in total. The van der Waals surface area contributed by atoms with Gasteiger partial charge in [-0.05, 0) is 37.3 Å². The first-order chi connectivity index (χ1) is 11.0. The molecule has 0 aliphatic carbocycles. The first kappa shape index (κ1) is 15.3. The third-order valence-electron chi connectivity index (χ3n) is 3.42. The maximum atomic E-state index is 12.4. The highest BCUT2D eigenvalue weighted by Gasteiger charge is 2.19. The highest BCUT2D eigenvalue weighted by molar-refractivity contribution is 7.87. The lowest BCUT2D eigenvalue weighted by molar-refractivity contribution is 0.419. The van der Waals surface area contributed by atoms with Crippen molar-refractivity contribution in [1.82, 2.24) is 4.98 Å². The molecule has 0 aliphatic heterocycles. The van der Waals surface area contributed by atoms with Gasteiger partial charge in [-0.1, -0.05) is 23.8 Å². The minimum atomic E-state index is -3.92. The molecule has 0 amide bonds. The number of benzene rings is 2. The van der Waals surface area contributed by atoms with Crippen LogP contribution in [0.3, 0.4) is 0 Å². The number of aryl methyl sites for hydroxylation is 1. The Bertz CT molecular complexity index is 950. The molecule has 3 rings (SSSR count). The number of ether oxygens (including phenoxy) is 1. The van der Waals surface area contributed by atoms with E-state index in [9.17, 15) is 8.42 Å². The summed E-state index contributed by atoms with van der Waals surface area (Å²) in [6.07, 6.45) is 1.55. The minimum Gasteiger partial charge on any atom is -0.496 e. The van der Waals surface area contributed by atoms with Gasteiger partial charge in [0, 0.05) is 11.6 Å². The zero-order valence-electron chi connectivity index (χ0n) is 12.7. The van der Waals surface area contributed by atoms with Crippen LogP contribution in [0.1, 0.15) is 5.56 Å². The second-order valence-corrected chi connectivity index (χ2v) is 6.56. The van der Waals surface area contributed by atoms with Crippen LogP contribution < -0.4 is 8.92 Å². The Labute approximate surface area is 134 Å². The maximum absolute atomic E-state index is 12.4. The van der Waals surface area contributed by atoms with Crippen molar-refractivity contribution in [2.24, 2.45) is 0 Å². The number of methoxy groups -OCH3 is 1. The van der Waals surface area contributed by atoms with Crippen molar-refractivity contribution in [2.45, 2.75) is 11.8 Å². The van der Waals surface area contributed by atoms with E-state index in [2.05, 4.69) is 4.98 Å². The van der Waals surface area contributed by atoms with Crippen LogP contribution in [0.4, 0.5) is 0 Å². The number of hydrogen-bond acceptors (Lipinski definition) is 5. The molecule has 0 atom stereocenters. The molecule has 0 fully saturated rings. The molecule has 0 bridgehead atoms. The van der Waals surface area contributed by atoms with Gasteiger partial charge in [0.25, 0.3) is 0 Å². The van der Waals surface area contributed by atoms with Crippen molar-refractivity contribution in [3.8, 4) is 11.5 Å². The van der Waals surface area contributed by atoms with Crippen molar-refractivity contribution in [3.05, 3.63) is 60.3 Å². The predicted octanol–water partition coefficient (Wildman–Crippen LogP) is 3.32. The second kappa shape index (κ2) is 5.89. The Morgan fingerprint density at radius 2 is 1.70 bits per heavy atom. The molecule has 0 unspecified atom stereocenters. The molecule has 0 saturated heterocycles. The first-order valence-corrected chi connectivity index (χ1v) is 8.35. The van der Waals surface area contributed by atoms with E-state index in [1.165, 1.54) is 12.1 Å². The zero-order chi connectivity index (χ0) is 16.4. The van der Waals surface area contributed by atoms with Gasteiger partial charge in [-0.25, -0.2) is 0 Å². The fourth-order valence-corrected chi connectivity index (χ4v) is 3.18. The van der Waals surface area contributed by atoms with Crippen molar-refractivity contribution in [1.29, 1.82) is 0 Å². The molecular formula is C17H15NO4S. The number of rotatable bonds is 4. The van der Waals surface area contributed by atoms with Crippen molar-refractivity contribution >= 4 is 21.0 Å². The van der Waals surface area contributed by atoms with E-state index in [0.29, 0.717) is 16.7 Å². The van der Waals surface area contributed by atoms with Crippen LogP contribution >= 0.6 is 0 Å². The molecule has 2 aromatic carbocycles. The number of pyridine rings is 1. The van der Waals surface area contributed by atoms with E-state index in [1.807, 2.05) is 6.92 Å². The summed E-state index contributed by atoms with van der Waals surface area (Å²) in [4.78, 5) is 4.31. The Balaban J connectivity index is 2.06. The number of para-hydroxylation sites is 1. The first-order valence-electron chi connectivity index (χ1n) is 6.94. The van der Waals surface area contributed by atoms with Crippen LogP contribution in [0.25, 0.3) is 10.9 Å². The fraction of sp³-hybridized carbons (Fsp3) is 0.118. The van der Waals surface area contributed by atoms with Crippen LogP contribution in [0, 0.1) is 6.92 Å². The van der Waals surface area contributed by atoms with Gasteiger partial charge < -0.3 is 8.92 Å². The van der Waals surface area contributed by atoms with Gasteiger partial charge in [-0.2, -0.15) is 8.42 Å². The van der Waals surface area contributed by atoms with Crippen LogP contribution in [0.15, 0.2) is 59.6 Å². The Hall–Kier alpha value is -2.60. The quantitative estimate of drug-likeness (QED) is 0.687. The van der Waals surface area contributed by atoms with E-state index < -0.39 is 10.1 Å². The third kappa shape index (κ3) is 2.98. The summed E-state index contributed by atoms with van der Waals surface area (Å²) < 4.78 is 35.4. The second-order valence-electron chi connectivity index (χ2n) is 5.02. The largest absolute Gasteiger partial charge is 0.496 e. The third-order valence-corrected chi connectivity index (χ3v) is 4.67. The highest BCUT2D eigenvalue weighted by Crippen LogP contribution is 2.31. The zero-order valence-corrected chi connectivity index (χ0v) is 13.5. The number of nitrogens with zero attached hydrogens (tertiary/aromatic N) is 1. The molecule has 1 aromatic heterocycles. The van der Waals surface area contributed by atoms with Gasteiger partial charge in [0.05, 0.1) is 7.11 Å². The van der Waals surface area contributed by atoms with E-state index in [-0.39, 0.29) is 10.6 Å². The fourth-order valence-electron chi connectivity index (χ4n) is 2.24. The van der Waals surface area contributed by atoms with Crippen LogP contribution in [0.5, 0.6) is 11.5 Å². The van der Waals surface area contributed by atoms with Gasteiger partial charge in [0.15, 0.2) is 5.75 Å². The van der Waals surface area contributed by atoms with Gasteiger partial charge in [-0.3, -0.25) is 4.98 Å². The van der Waals surface area contributed by atoms with E-state index >= 15 is 0 Å². The van der Waals surface area contributed by atoms with Crippen LogP contribution in [-0.2, 0) is 10.1 Å². The van der Waals surface area contributed by atoms with Crippen LogP contribution in [-0.4, -0.2) is 20.5 Å². The molecule has 23 heavy (non-hydrogen) atoms. The maximum Gasteiger partial charge on any atom is 0.339 e. The summed E-state index contributed by atoms with van der Waals surface area (Å²) in [5.74, 6) is 0.773. The van der Waals surface area contributed by atoms with Gasteiger partial charge in [0.2, 0.25) is 0 Å². The van der Waals surface area contributed by atoms with Crippen molar-refractivity contribution in [2.75, 3.05) is 7.11 Å². The normalized spacial score (nSPS) is 11.4. The van der Waals surface area contributed by atoms with Gasteiger partial charge >= 0.3 is 10.1 Å². The number of aromatic nitrogens is 1. The highest BCUT2D eigenvalue weighted by atomic mass is 32.2. The standard InChI is InChI=1S/C17H15NO4S/c1-12-6-8-13(9-7-12)23(19,20)22-16-5-3-4-14-15(21-2)10-11-18-17(14)16/h3-11H,1-2H3. The summed E-state index contributed by atoms with van der Waals surface area (Å²) in [6, 6.07) is 13.3. The molecule has 0 saturated carbocycles. The monoisotopic (exact) mass is 329 g/mol. The Kier molecular flexibility index (Phi) is 3.92. The Morgan fingerprint density at radius 1 is 0.957 bits per heavy atom. The lowest BCUT2D eigenvalue weighted by atomic mass is 10.2. The topological polar surface area (TPSA) is 65.5 Å². The molecule has 1 heterocycles. The molecule has 118 valence electrons. The summed E-state index contributed by atoms with van der Waals surface area (Å²) in [6.45, 7) is 1.89. The predicted molar refractivity (Wildman–Crippen MR) is 87.3 cm³/mol. The van der Waals surface area contributed by atoms with Crippen molar-refractivity contribution in [3.63, 3.8) is 0 Å². The van der Waals surface area contributed by atoms with Gasteiger partial charge in [-0.15, -0.1) is 0 Å². The van der Waals surface area contributed by atoms with Crippen LogP contribution in [0.2, 0.25) is 0 Å². The average molecular weight is 329 g/mol. The lowest BCUT2D eigenvalue weighted by Gasteiger charge is -2.10. The summed E-state index contributed by atoms with van der Waals surface area (Å²) in [5, 5.41) is 0.687. The van der Waals surface area contributed by atoms with E-state index in [1.54, 1.807) is 49.7 Å². The van der Waals surface area contributed by atoms with Gasteiger partial charge in [0.1, 0.15) is 16.2 Å². The lowest BCUT2D eigenvalue weighted by Crippen LogP contribution is -2.10. The molecule has 3 aromatic rings. The summed E-state index contributed by atoms with van der Waals surface area (Å²) in [7, 11) is -2.37. The van der Waals surface area contributed by atoms with Crippen molar-refractivity contribution < 1.29 is 17.3 Å². The summed E-state index contributed by atoms with van der Waals surface area (Å²) in [5.41, 5.74) is 1.41. The minimum absolute atomic E-state index is 0.1000. The smallest absolute Gasteiger partial charge is 0.339 e.